The van der Waals surface area contributed by atoms with Crippen LogP contribution in [0.5, 0.6) is 0 Å². The van der Waals surface area contributed by atoms with E-state index < -0.39 is 17.7 Å². The first kappa shape index (κ1) is 17.5. The van der Waals surface area contributed by atoms with Crippen molar-refractivity contribution in [3.8, 4) is 0 Å². The number of fused-ring (bicyclic) bond motifs is 1. The molecule has 0 atom stereocenters. The van der Waals surface area contributed by atoms with Crippen molar-refractivity contribution in [3.05, 3.63) is 22.8 Å². The highest BCUT2D eigenvalue weighted by atomic mass is 79.9. The van der Waals surface area contributed by atoms with Gasteiger partial charge < -0.3 is 15.7 Å². The molecule has 10 heteroatoms. The number of nitrogens with zero attached hydrogens (tertiary/aromatic N) is 2. The SMILES string of the molecule is NC(=O)C12CC(CN1c1cccc(Br)n1)C2.O=C(O)C(F)(F)F. The van der Waals surface area contributed by atoms with Crippen molar-refractivity contribution in [2.45, 2.75) is 24.6 Å². The number of carboxylic acid groups (broad SMARTS) is 1. The molecule has 6 nitrogen and oxygen atoms in total. The van der Waals surface area contributed by atoms with E-state index in [1.165, 1.54) is 0 Å². The molecule has 3 fully saturated rings. The minimum atomic E-state index is -5.08. The van der Waals surface area contributed by atoms with Crippen LogP contribution in [0.3, 0.4) is 0 Å². The van der Waals surface area contributed by atoms with E-state index in [4.69, 9.17) is 15.6 Å². The molecule has 0 radical (unpaired) electrons. The lowest BCUT2D eigenvalue weighted by atomic mass is 9.73. The predicted octanol–water partition coefficient (Wildman–Crippen LogP) is 1.93. The Labute approximate surface area is 137 Å². The molecule has 1 aromatic rings. The number of halogens is 4. The van der Waals surface area contributed by atoms with Gasteiger partial charge in [0.2, 0.25) is 5.91 Å². The number of carbonyl (C=O) groups excluding carboxylic acids is 1. The molecule has 1 aromatic heterocycles. The van der Waals surface area contributed by atoms with Crippen molar-refractivity contribution in [1.29, 1.82) is 0 Å². The Balaban J connectivity index is 0.000000236. The van der Waals surface area contributed by atoms with Crippen LogP contribution in [0.4, 0.5) is 19.0 Å². The van der Waals surface area contributed by atoms with E-state index in [2.05, 4.69) is 25.8 Å². The van der Waals surface area contributed by atoms with E-state index in [0.29, 0.717) is 5.92 Å². The molecule has 1 saturated carbocycles. The first-order valence-electron chi connectivity index (χ1n) is 6.56. The number of anilines is 1. The van der Waals surface area contributed by atoms with Gasteiger partial charge in [0.1, 0.15) is 16.0 Å². The van der Waals surface area contributed by atoms with Gasteiger partial charge in [-0.15, -0.1) is 0 Å². The van der Waals surface area contributed by atoms with Gasteiger partial charge >= 0.3 is 12.1 Å². The van der Waals surface area contributed by atoms with E-state index in [1.807, 2.05) is 18.2 Å². The lowest BCUT2D eigenvalue weighted by Crippen LogP contribution is -2.56. The number of pyridine rings is 1. The molecule has 3 N–H and O–H groups in total. The summed E-state index contributed by atoms with van der Waals surface area (Å²) < 4.78 is 32.5. The normalized spacial score (nSPS) is 25.2. The van der Waals surface area contributed by atoms with E-state index in [9.17, 15) is 18.0 Å². The van der Waals surface area contributed by atoms with Crippen LogP contribution in [0.15, 0.2) is 22.8 Å². The van der Waals surface area contributed by atoms with Crippen molar-refractivity contribution in [1.82, 2.24) is 4.98 Å². The van der Waals surface area contributed by atoms with Gasteiger partial charge in [0.05, 0.1) is 0 Å². The number of carboxylic acids is 1. The van der Waals surface area contributed by atoms with Gasteiger partial charge in [0.25, 0.3) is 0 Å². The second-order valence-corrected chi connectivity index (χ2v) is 6.21. The highest BCUT2D eigenvalue weighted by Gasteiger charge is 2.60. The number of hydrogen-bond donors (Lipinski definition) is 2. The molecule has 1 amide bonds. The average Bonchev–Trinajstić information content (AvgIpc) is 2.93. The molecular formula is C13H13BrF3N3O3. The monoisotopic (exact) mass is 395 g/mol. The van der Waals surface area contributed by atoms with Crippen LogP contribution < -0.4 is 10.6 Å². The first-order valence-corrected chi connectivity index (χ1v) is 7.36. The minimum Gasteiger partial charge on any atom is -0.475 e. The number of carbonyl (C=O) groups is 2. The third-order valence-corrected chi connectivity index (χ3v) is 4.33. The van der Waals surface area contributed by atoms with Gasteiger partial charge in [0, 0.05) is 6.54 Å². The summed E-state index contributed by atoms with van der Waals surface area (Å²) in [6, 6.07) is 5.73. The lowest BCUT2D eigenvalue weighted by Gasteiger charge is -2.39. The van der Waals surface area contributed by atoms with Crippen molar-refractivity contribution >= 4 is 33.6 Å². The Bertz CT molecular complexity index is 632. The van der Waals surface area contributed by atoms with Crippen molar-refractivity contribution in [2.24, 2.45) is 11.7 Å². The summed E-state index contributed by atoms with van der Waals surface area (Å²) >= 11 is 3.34. The number of amides is 1. The Morgan fingerprint density at radius 2 is 1.96 bits per heavy atom. The predicted molar refractivity (Wildman–Crippen MR) is 77.6 cm³/mol. The van der Waals surface area contributed by atoms with Crippen LogP contribution >= 0.6 is 15.9 Å². The maximum atomic E-state index is 11.6. The van der Waals surface area contributed by atoms with Crippen LogP contribution in [0, 0.1) is 5.92 Å². The quantitative estimate of drug-likeness (QED) is 0.745. The van der Waals surface area contributed by atoms with Gasteiger partial charge in [-0.1, -0.05) is 6.07 Å². The molecule has 3 aliphatic rings. The number of nitrogens with two attached hydrogens (primary N) is 1. The van der Waals surface area contributed by atoms with Gasteiger partial charge in [0.15, 0.2) is 0 Å². The van der Waals surface area contributed by atoms with E-state index in [0.717, 1.165) is 29.8 Å². The van der Waals surface area contributed by atoms with Crippen LogP contribution in [-0.4, -0.2) is 40.2 Å². The smallest absolute Gasteiger partial charge is 0.475 e. The van der Waals surface area contributed by atoms with Crippen molar-refractivity contribution in [2.75, 3.05) is 11.4 Å². The third-order valence-electron chi connectivity index (χ3n) is 3.89. The summed E-state index contributed by atoms with van der Waals surface area (Å²) in [5.41, 5.74) is 5.06. The maximum absolute atomic E-state index is 11.6. The maximum Gasteiger partial charge on any atom is 0.490 e. The fourth-order valence-corrected chi connectivity index (χ4v) is 3.21. The zero-order valence-electron chi connectivity index (χ0n) is 11.7. The van der Waals surface area contributed by atoms with Crippen LogP contribution in [0.2, 0.25) is 0 Å². The number of alkyl halides is 3. The molecule has 126 valence electrons. The van der Waals surface area contributed by atoms with Gasteiger partial charge in [-0.05, 0) is 46.8 Å². The standard InChI is InChI=1S/C11H12BrN3O.C2HF3O2/c12-8-2-1-3-9(14-8)15-6-7-4-11(15,5-7)10(13)16;3-2(4,5)1(6)7/h1-3,7H,4-6H2,(H2,13,16);(H,6,7). The Morgan fingerprint density at radius 3 is 2.39 bits per heavy atom. The van der Waals surface area contributed by atoms with Gasteiger partial charge in [-0.3, -0.25) is 4.79 Å². The fraction of sp³-hybridized carbons (Fsp3) is 0.462. The van der Waals surface area contributed by atoms with Crippen molar-refractivity contribution in [3.63, 3.8) is 0 Å². The lowest BCUT2D eigenvalue weighted by molar-refractivity contribution is -0.192. The summed E-state index contributed by atoms with van der Waals surface area (Å²) in [5.74, 6) is -1.53. The molecule has 23 heavy (non-hydrogen) atoms. The Morgan fingerprint density at radius 1 is 1.39 bits per heavy atom. The molecule has 0 spiro atoms. The van der Waals surface area contributed by atoms with E-state index >= 15 is 0 Å². The summed E-state index contributed by atoms with van der Waals surface area (Å²) in [6.07, 6.45) is -3.31. The fourth-order valence-electron chi connectivity index (χ4n) is 2.87. The highest BCUT2D eigenvalue weighted by molar-refractivity contribution is 9.10. The van der Waals surface area contributed by atoms with Gasteiger partial charge in [-0.2, -0.15) is 13.2 Å². The molecule has 0 unspecified atom stereocenters. The number of aliphatic carboxylic acids is 1. The zero-order chi connectivity index (χ0) is 17.4. The molecule has 2 aliphatic heterocycles. The number of primary amides is 1. The molecule has 0 aromatic carbocycles. The van der Waals surface area contributed by atoms with E-state index in [1.54, 1.807) is 0 Å². The van der Waals surface area contributed by atoms with Crippen LogP contribution in [0.25, 0.3) is 0 Å². The number of rotatable bonds is 2. The molecule has 1 aliphatic carbocycles. The average molecular weight is 396 g/mol. The second kappa shape index (κ2) is 5.99. The largest absolute Gasteiger partial charge is 0.490 e. The number of hydrogen-bond acceptors (Lipinski definition) is 4. The molecule has 4 rings (SSSR count). The Hall–Kier alpha value is -1.84. The number of aromatic nitrogens is 1. The molecule has 2 bridgehead atoms. The summed E-state index contributed by atoms with van der Waals surface area (Å²) in [6.45, 7) is 0.895. The molecular weight excluding hydrogens is 383 g/mol. The third kappa shape index (κ3) is 3.41. The zero-order valence-corrected chi connectivity index (χ0v) is 13.3. The van der Waals surface area contributed by atoms with Crippen molar-refractivity contribution < 1.29 is 27.9 Å². The van der Waals surface area contributed by atoms with E-state index in [-0.39, 0.29) is 5.91 Å². The summed E-state index contributed by atoms with van der Waals surface area (Å²) in [7, 11) is 0. The van der Waals surface area contributed by atoms with Gasteiger partial charge in [-0.25, -0.2) is 9.78 Å². The topological polar surface area (TPSA) is 96.5 Å². The second-order valence-electron chi connectivity index (χ2n) is 5.40. The summed E-state index contributed by atoms with van der Waals surface area (Å²) in [4.78, 5) is 26.9. The highest BCUT2D eigenvalue weighted by Crippen LogP contribution is 2.51. The van der Waals surface area contributed by atoms with Crippen LogP contribution in [0.1, 0.15) is 12.8 Å². The summed E-state index contributed by atoms with van der Waals surface area (Å²) in [5, 5.41) is 7.12. The Kier molecular flexibility index (Phi) is 4.56. The minimum absolute atomic E-state index is 0.219. The first-order chi connectivity index (χ1) is 10.6. The van der Waals surface area contributed by atoms with Crippen LogP contribution in [-0.2, 0) is 9.59 Å². The molecule has 3 heterocycles. The molecule has 2 saturated heterocycles.